The Labute approximate surface area is 173 Å². The number of benzene rings is 1. The third kappa shape index (κ3) is 4.03. The summed E-state index contributed by atoms with van der Waals surface area (Å²) in [5, 5.41) is 8.46. The zero-order valence-corrected chi connectivity index (χ0v) is 17.3. The van der Waals surface area contributed by atoms with E-state index in [9.17, 15) is 14.4 Å². The molecule has 1 aliphatic carbocycles. The number of hydrogen-bond acceptors (Lipinski definition) is 5. The molecule has 1 aromatic carbocycles. The molecule has 2 fully saturated rings. The number of aromatic nitrogens is 1. The van der Waals surface area contributed by atoms with Crippen molar-refractivity contribution in [3.63, 3.8) is 0 Å². The van der Waals surface area contributed by atoms with Gasteiger partial charge in [0.2, 0.25) is 5.91 Å². The van der Waals surface area contributed by atoms with Crippen molar-refractivity contribution < 1.29 is 14.4 Å². The Kier molecular flexibility index (Phi) is 5.12. The lowest BCUT2D eigenvalue weighted by atomic mass is 9.96. The first kappa shape index (κ1) is 19.6. The minimum Gasteiger partial charge on any atom is -0.354 e. The topological polar surface area (TPSA) is 91.4 Å². The molecule has 1 saturated heterocycles. The normalized spacial score (nSPS) is 21.4. The van der Waals surface area contributed by atoms with Crippen LogP contribution in [0.2, 0.25) is 0 Å². The molecule has 1 aliphatic heterocycles. The third-order valence-corrected chi connectivity index (χ3v) is 6.49. The van der Waals surface area contributed by atoms with Gasteiger partial charge in [-0.2, -0.15) is 0 Å². The Hall–Kier alpha value is -2.74. The molecule has 4 rings (SSSR count). The lowest BCUT2D eigenvalue weighted by Crippen LogP contribution is -2.47. The molecule has 7 nitrogen and oxygen atoms in total. The fourth-order valence-corrected chi connectivity index (χ4v) is 4.44. The van der Waals surface area contributed by atoms with Gasteiger partial charge in [0.1, 0.15) is 17.1 Å². The standard InChI is InChI=1S/C21H24N4O3S/c1-13-3-5-14(6-4-13)18-23-16(12-29-18)9-10-22-17(26)11-25-19(27)21(2,15-7-8-15)24-20(25)28/h3-6,12,15H,7-11H2,1-2H3,(H,22,26)(H,24,28). The second kappa shape index (κ2) is 7.59. The van der Waals surface area contributed by atoms with Crippen LogP contribution in [0.25, 0.3) is 10.6 Å². The van der Waals surface area contributed by atoms with Gasteiger partial charge in [-0.1, -0.05) is 29.8 Å². The Balaban J connectivity index is 1.27. The summed E-state index contributed by atoms with van der Waals surface area (Å²) in [4.78, 5) is 42.6. The van der Waals surface area contributed by atoms with Crippen LogP contribution >= 0.6 is 11.3 Å². The Morgan fingerprint density at radius 2 is 2.03 bits per heavy atom. The quantitative estimate of drug-likeness (QED) is 0.684. The van der Waals surface area contributed by atoms with Crippen molar-refractivity contribution in [3.8, 4) is 10.6 Å². The molecule has 1 saturated carbocycles. The Bertz CT molecular complexity index is 951. The first-order valence-electron chi connectivity index (χ1n) is 9.79. The number of nitrogens with zero attached hydrogens (tertiary/aromatic N) is 2. The highest BCUT2D eigenvalue weighted by Crippen LogP contribution is 2.42. The molecule has 0 spiro atoms. The summed E-state index contributed by atoms with van der Waals surface area (Å²) in [6, 6.07) is 7.73. The maximum atomic E-state index is 12.6. The van der Waals surface area contributed by atoms with Crippen LogP contribution in [-0.2, 0) is 16.0 Å². The van der Waals surface area contributed by atoms with Gasteiger partial charge < -0.3 is 10.6 Å². The molecule has 2 aromatic rings. The summed E-state index contributed by atoms with van der Waals surface area (Å²) in [6.45, 7) is 3.94. The summed E-state index contributed by atoms with van der Waals surface area (Å²) < 4.78 is 0. The van der Waals surface area contributed by atoms with E-state index in [2.05, 4.69) is 27.8 Å². The molecule has 1 atom stereocenters. The summed E-state index contributed by atoms with van der Waals surface area (Å²) in [7, 11) is 0. The molecule has 29 heavy (non-hydrogen) atoms. The highest BCUT2D eigenvalue weighted by Gasteiger charge is 2.56. The van der Waals surface area contributed by atoms with Gasteiger partial charge in [0.05, 0.1) is 5.69 Å². The predicted molar refractivity (Wildman–Crippen MR) is 110 cm³/mol. The van der Waals surface area contributed by atoms with Crippen molar-refractivity contribution in [2.24, 2.45) is 5.92 Å². The molecule has 4 amide bonds. The van der Waals surface area contributed by atoms with Crippen LogP contribution in [0.1, 0.15) is 31.0 Å². The van der Waals surface area contributed by atoms with E-state index in [-0.39, 0.29) is 24.3 Å². The first-order chi connectivity index (χ1) is 13.9. The van der Waals surface area contributed by atoms with E-state index >= 15 is 0 Å². The zero-order valence-electron chi connectivity index (χ0n) is 16.5. The number of carbonyl (C=O) groups is 3. The number of amides is 4. The summed E-state index contributed by atoms with van der Waals surface area (Å²) >= 11 is 1.57. The number of carbonyl (C=O) groups excluding carboxylic acids is 3. The van der Waals surface area contributed by atoms with E-state index in [4.69, 9.17) is 0 Å². The maximum Gasteiger partial charge on any atom is 0.325 e. The van der Waals surface area contributed by atoms with Crippen molar-refractivity contribution in [1.82, 2.24) is 20.5 Å². The summed E-state index contributed by atoms with van der Waals surface area (Å²) in [6.07, 6.45) is 2.45. The van der Waals surface area contributed by atoms with E-state index in [0.717, 1.165) is 34.0 Å². The van der Waals surface area contributed by atoms with Crippen LogP contribution in [0.5, 0.6) is 0 Å². The van der Waals surface area contributed by atoms with Gasteiger partial charge in [-0.3, -0.25) is 14.5 Å². The smallest absolute Gasteiger partial charge is 0.325 e. The number of hydrogen-bond donors (Lipinski definition) is 2. The molecule has 2 heterocycles. The van der Waals surface area contributed by atoms with Crippen LogP contribution in [0.15, 0.2) is 29.6 Å². The van der Waals surface area contributed by atoms with Crippen LogP contribution in [0.3, 0.4) is 0 Å². The van der Waals surface area contributed by atoms with E-state index in [1.807, 2.05) is 24.4 Å². The zero-order chi connectivity index (χ0) is 20.6. The van der Waals surface area contributed by atoms with Gasteiger partial charge in [0.15, 0.2) is 0 Å². The van der Waals surface area contributed by atoms with E-state index in [0.29, 0.717) is 13.0 Å². The van der Waals surface area contributed by atoms with Gasteiger partial charge in [-0.15, -0.1) is 11.3 Å². The SMILES string of the molecule is Cc1ccc(-c2nc(CCNC(=O)CN3C(=O)NC(C)(C4CC4)C3=O)cs2)cc1. The highest BCUT2D eigenvalue weighted by atomic mass is 32.1. The molecule has 8 heteroatoms. The molecule has 0 bridgehead atoms. The second-order valence-electron chi connectivity index (χ2n) is 7.91. The lowest BCUT2D eigenvalue weighted by molar-refractivity contribution is -0.135. The molecule has 1 aromatic heterocycles. The van der Waals surface area contributed by atoms with Gasteiger partial charge in [-0.25, -0.2) is 9.78 Å². The number of imide groups is 1. The largest absolute Gasteiger partial charge is 0.354 e. The number of thiazole rings is 1. The van der Waals surface area contributed by atoms with Crippen molar-refractivity contribution in [2.75, 3.05) is 13.1 Å². The minimum atomic E-state index is -0.857. The highest BCUT2D eigenvalue weighted by molar-refractivity contribution is 7.13. The number of aryl methyl sites for hydroxylation is 1. The fraction of sp³-hybridized carbons (Fsp3) is 0.429. The molecular weight excluding hydrogens is 388 g/mol. The van der Waals surface area contributed by atoms with Gasteiger partial charge in [0.25, 0.3) is 5.91 Å². The predicted octanol–water partition coefficient (Wildman–Crippen LogP) is 2.50. The van der Waals surface area contributed by atoms with Gasteiger partial charge in [-0.05, 0) is 32.6 Å². The van der Waals surface area contributed by atoms with Crippen LogP contribution in [-0.4, -0.2) is 46.4 Å². The lowest BCUT2D eigenvalue weighted by Gasteiger charge is -2.20. The molecule has 0 radical (unpaired) electrons. The van der Waals surface area contributed by atoms with E-state index < -0.39 is 11.6 Å². The van der Waals surface area contributed by atoms with Crippen LogP contribution in [0, 0.1) is 12.8 Å². The average Bonchev–Trinajstić information content (AvgIpc) is 3.41. The van der Waals surface area contributed by atoms with Gasteiger partial charge in [0, 0.05) is 23.9 Å². The fourth-order valence-electron chi connectivity index (χ4n) is 3.58. The van der Waals surface area contributed by atoms with Crippen LogP contribution in [0.4, 0.5) is 4.79 Å². The maximum absolute atomic E-state index is 12.6. The Morgan fingerprint density at radius 3 is 2.72 bits per heavy atom. The number of urea groups is 1. The van der Waals surface area contributed by atoms with Crippen molar-refractivity contribution >= 4 is 29.2 Å². The van der Waals surface area contributed by atoms with Crippen molar-refractivity contribution in [1.29, 1.82) is 0 Å². The number of nitrogens with one attached hydrogen (secondary N) is 2. The van der Waals surface area contributed by atoms with E-state index in [1.165, 1.54) is 5.56 Å². The van der Waals surface area contributed by atoms with Gasteiger partial charge >= 0.3 is 6.03 Å². The molecular formula is C21H24N4O3S. The van der Waals surface area contributed by atoms with E-state index in [1.54, 1.807) is 18.3 Å². The van der Waals surface area contributed by atoms with Crippen molar-refractivity contribution in [2.45, 2.75) is 38.6 Å². The molecule has 152 valence electrons. The number of rotatable bonds is 7. The minimum absolute atomic E-state index is 0.180. The molecule has 2 N–H and O–H groups in total. The second-order valence-corrected chi connectivity index (χ2v) is 8.77. The third-order valence-electron chi connectivity index (χ3n) is 5.55. The molecule has 2 aliphatic rings. The Morgan fingerprint density at radius 1 is 1.31 bits per heavy atom. The average molecular weight is 413 g/mol. The molecule has 1 unspecified atom stereocenters. The summed E-state index contributed by atoms with van der Waals surface area (Å²) in [5.41, 5.74) is 2.33. The first-order valence-corrected chi connectivity index (χ1v) is 10.7. The monoisotopic (exact) mass is 412 g/mol. The summed E-state index contributed by atoms with van der Waals surface area (Å²) in [5.74, 6) is -0.468. The van der Waals surface area contributed by atoms with Crippen LogP contribution < -0.4 is 10.6 Å². The van der Waals surface area contributed by atoms with Crippen molar-refractivity contribution in [3.05, 3.63) is 40.9 Å².